The van der Waals surface area contributed by atoms with Crippen LogP contribution in [0.25, 0.3) is 11.3 Å². The van der Waals surface area contributed by atoms with Crippen LogP contribution < -0.4 is 10.2 Å². The van der Waals surface area contributed by atoms with E-state index in [1.807, 2.05) is 31.2 Å². The number of phenolic OH excluding ortho intramolecular Hbond substituents is 1. The second-order valence-electron chi connectivity index (χ2n) is 5.81. The quantitative estimate of drug-likeness (QED) is 0.461. The molecule has 0 aliphatic carbocycles. The third-order valence-electron chi connectivity index (χ3n) is 3.89. The van der Waals surface area contributed by atoms with E-state index in [9.17, 15) is 9.90 Å². The van der Waals surface area contributed by atoms with Crippen molar-refractivity contribution < 1.29 is 14.6 Å². The van der Waals surface area contributed by atoms with E-state index in [1.54, 1.807) is 37.3 Å². The summed E-state index contributed by atoms with van der Waals surface area (Å²) in [7, 11) is 0. The Labute approximate surface area is 156 Å². The highest BCUT2D eigenvalue weighted by atomic mass is 16.5. The van der Waals surface area contributed by atoms with Crippen molar-refractivity contribution in [3.05, 3.63) is 65.9 Å². The van der Waals surface area contributed by atoms with Crippen LogP contribution >= 0.6 is 0 Å². The summed E-state index contributed by atoms with van der Waals surface area (Å²) in [4.78, 5) is 12.3. The minimum atomic E-state index is -0.391. The molecule has 3 aromatic rings. The van der Waals surface area contributed by atoms with Crippen molar-refractivity contribution in [2.75, 3.05) is 6.61 Å². The molecule has 1 amide bonds. The molecule has 0 saturated heterocycles. The lowest BCUT2D eigenvalue weighted by molar-refractivity contribution is 0.0950. The van der Waals surface area contributed by atoms with Gasteiger partial charge in [0, 0.05) is 5.56 Å². The number of aromatic hydroxyl groups is 1. The van der Waals surface area contributed by atoms with Crippen molar-refractivity contribution in [2.24, 2.45) is 5.10 Å². The molecule has 3 rings (SSSR count). The molecule has 0 aliphatic heterocycles. The van der Waals surface area contributed by atoms with Gasteiger partial charge in [0.15, 0.2) is 0 Å². The van der Waals surface area contributed by atoms with Crippen molar-refractivity contribution in [3.63, 3.8) is 0 Å². The summed E-state index contributed by atoms with van der Waals surface area (Å²) in [5.74, 6) is 0.571. The maximum atomic E-state index is 12.3. The standard InChI is InChI=1S/C20H20N4O3/c1-3-27-17-10-6-15(7-11-17)18-12-19(23-22-18)20(26)24-21-13(2)14-4-8-16(25)9-5-14/h4-12,25H,3H2,1-2H3,(H,22,23)(H,24,26)/b21-13-. The molecule has 27 heavy (non-hydrogen) atoms. The Morgan fingerprint density at radius 3 is 2.56 bits per heavy atom. The van der Waals surface area contributed by atoms with Crippen LogP contribution in [-0.4, -0.2) is 33.5 Å². The maximum Gasteiger partial charge on any atom is 0.289 e. The molecule has 7 heteroatoms. The van der Waals surface area contributed by atoms with Gasteiger partial charge < -0.3 is 9.84 Å². The summed E-state index contributed by atoms with van der Waals surface area (Å²) in [6, 6.07) is 15.7. The van der Waals surface area contributed by atoms with Gasteiger partial charge in [0.1, 0.15) is 17.2 Å². The SMILES string of the molecule is CCOc1ccc(-c2cc(C(=O)N/N=C(/C)c3ccc(O)cc3)[nH]n2)cc1. The van der Waals surface area contributed by atoms with E-state index < -0.39 is 5.91 Å². The molecule has 1 heterocycles. The van der Waals surface area contributed by atoms with Crippen LogP contribution in [-0.2, 0) is 0 Å². The minimum Gasteiger partial charge on any atom is -0.508 e. The van der Waals surface area contributed by atoms with Gasteiger partial charge in [-0.25, -0.2) is 5.43 Å². The van der Waals surface area contributed by atoms with Gasteiger partial charge in [-0.05, 0) is 74.0 Å². The van der Waals surface area contributed by atoms with Crippen LogP contribution in [0.3, 0.4) is 0 Å². The zero-order chi connectivity index (χ0) is 19.2. The molecular weight excluding hydrogens is 344 g/mol. The van der Waals surface area contributed by atoms with Crippen molar-refractivity contribution in [1.82, 2.24) is 15.6 Å². The number of H-pyrrole nitrogens is 1. The third-order valence-corrected chi connectivity index (χ3v) is 3.89. The fourth-order valence-corrected chi connectivity index (χ4v) is 2.44. The number of rotatable bonds is 6. The van der Waals surface area contributed by atoms with E-state index in [0.717, 1.165) is 16.9 Å². The number of carbonyl (C=O) groups excluding carboxylic acids is 1. The molecule has 3 N–H and O–H groups in total. The molecule has 0 atom stereocenters. The van der Waals surface area contributed by atoms with Crippen LogP contribution in [0.1, 0.15) is 29.9 Å². The number of hydrogen-bond acceptors (Lipinski definition) is 5. The first-order chi connectivity index (χ1) is 13.1. The number of nitrogens with zero attached hydrogens (tertiary/aromatic N) is 2. The highest BCUT2D eigenvalue weighted by Crippen LogP contribution is 2.21. The number of phenols is 1. The van der Waals surface area contributed by atoms with Crippen molar-refractivity contribution >= 4 is 11.6 Å². The molecule has 0 bridgehead atoms. The molecule has 138 valence electrons. The van der Waals surface area contributed by atoms with E-state index in [4.69, 9.17) is 4.74 Å². The molecule has 0 aliphatic rings. The lowest BCUT2D eigenvalue weighted by Gasteiger charge is -2.03. The fraction of sp³-hybridized carbons (Fsp3) is 0.150. The molecule has 0 unspecified atom stereocenters. The summed E-state index contributed by atoms with van der Waals surface area (Å²) >= 11 is 0. The molecule has 1 aromatic heterocycles. The van der Waals surface area contributed by atoms with Gasteiger partial charge in [0.2, 0.25) is 0 Å². The number of amides is 1. The molecule has 7 nitrogen and oxygen atoms in total. The molecule has 0 saturated carbocycles. The van der Waals surface area contributed by atoms with Crippen LogP contribution in [0.5, 0.6) is 11.5 Å². The number of carbonyl (C=O) groups is 1. The van der Waals surface area contributed by atoms with Gasteiger partial charge in [-0.3, -0.25) is 9.89 Å². The first kappa shape index (κ1) is 18.2. The van der Waals surface area contributed by atoms with Gasteiger partial charge in [0.25, 0.3) is 5.91 Å². The van der Waals surface area contributed by atoms with Crippen molar-refractivity contribution in [3.8, 4) is 22.8 Å². The average molecular weight is 364 g/mol. The first-order valence-corrected chi connectivity index (χ1v) is 8.49. The van der Waals surface area contributed by atoms with Crippen molar-refractivity contribution in [1.29, 1.82) is 0 Å². The molecule has 0 radical (unpaired) electrons. The largest absolute Gasteiger partial charge is 0.508 e. The maximum absolute atomic E-state index is 12.3. The van der Waals surface area contributed by atoms with Gasteiger partial charge in [-0.15, -0.1) is 0 Å². The number of hydrogen-bond donors (Lipinski definition) is 3. The number of aromatic amines is 1. The van der Waals surface area contributed by atoms with Gasteiger partial charge >= 0.3 is 0 Å². The summed E-state index contributed by atoms with van der Waals surface area (Å²) in [5.41, 5.74) is 5.75. The fourth-order valence-electron chi connectivity index (χ4n) is 2.44. The normalized spacial score (nSPS) is 11.3. The Balaban J connectivity index is 1.67. The molecule has 2 aromatic carbocycles. The zero-order valence-electron chi connectivity index (χ0n) is 15.1. The Morgan fingerprint density at radius 1 is 1.19 bits per heavy atom. The van der Waals surface area contributed by atoms with Gasteiger partial charge in [-0.1, -0.05) is 0 Å². The number of ether oxygens (including phenoxy) is 1. The summed E-state index contributed by atoms with van der Waals surface area (Å²) in [6.07, 6.45) is 0. The summed E-state index contributed by atoms with van der Waals surface area (Å²) in [6.45, 7) is 4.31. The van der Waals surface area contributed by atoms with Crippen LogP contribution in [0.4, 0.5) is 0 Å². The number of benzene rings is 2. The van der Waals surface area contributed by atoms with E-state index in [0.29, 0.717) is 23.7 Å². The Bertz CT molecular complexity index is 944. The second-order valence-corrected chi connectivity index (χ2v) is 5.81. The summed E-state index contributed by atoms with van der Waals surface area (Å²) in [5, 5.41) is 20.3. The van der Waals surface area contributed by atoms with Crippen LogP contribution in [0.15, 0.2) is 59.7 Å². The highest BCUT2D eigenvalue weighted by molar-refractivity contribution is 6.00. The second kappa shape index (κ2) is 8.18. The van der Waals surface area contributed by atoms with Crippen LogP contribution in [0, 0.1) is 0 Å². The Morgan fingerprint density at radius 2 is 1.89 bits per heavy atom. The third kappa shape index (κ3) is 4.52. The minimum absolute atomic E-state index is 0.176. The zero-order valence-corrected chi connectivity index (χ0v) is 15.1. The molecule has 0 fully saturated rings. The molecular formula is C20H20N4O3. The van der Waals surface area contributed by atoms with E-state index in [-0.39, 0.29) is 5.75 Å². The molecule has 0 spiro atoms. The van der Waals surface area contributed by atoms with Gasteiger partial charge in [0.05, 0.1) is 18.0 Å². The van der Waals surface area contributed by atoms with Gasteiger partial charge in [-0.2, -0.15) is 10.2 Å². The Hall–Kier alpha value is -3.61. The average Bonchev–Trinajstić information content (AvgIpc) is 3.17. The smallest absolute Gasteiger partial charge is 0.289 e. The predicted molar refractivity (Wildman–Crippen MR) is 103 cm³/mol. The number of hydrazone groups is 1. The lowest BCUT2D eigenvalue weighted by atomic mass is 10.1. The van der Waals surface area contributed by atoms with Crippen molar-refractivity contribution in [2.45, 2.75) is 13.8 Å². The monoisotopic (exact) mass is 364 g/mol. The Kier molecular flexibility index (Phi) is 5.51. The highest BCUT2D eigenvalue weighted by Gasteiger charge is 2.11. The van der Waals surface area contributed by atoms with Crippen LogP contribution in [0.2, 0.25) is 0 Å². The summed E-state index contributed by atoms with van der Waals surface area (Å²) < 4.78 is 5.42. The van der Waals surface area contributed by atoms with E-state index in [1.165, 1.54) is 0 Å². The lowest BCUT2D eigenvalue weighted by Crippen LogP contribution is -2.19. The first-order valence-electron chi connectivity index (χ1n) is 8.49. The van der Waals surface area contributed by atoms with E-state index >= 15 is 0 Å². The topological polar surface area (TPSA) is 99.6 Å². The number of nitrogens with one attached hydrogen (secondary N) is 2. The predicted octanol–water partition coefficient (Wildman–Crippen LogP) is 3.34. The van der Waals surface area contributed by atoms with E-state index in [2.05, 4.69) is 20.7 Å². The number of aromatic nitrogens is 2.